The summed E-state index contributed by atoms with van der Waals surface area (Å²) in [5, 5.41) is 3.27. The minimum absolute atomic E-state index is 0.203. The third kappa shape index (κ3) is 3.13. The van der Waals surface area contributed by atoms with Gasteiger partial charge in [0.1, 0.15) is 0 Å². The third-order valence-electron chi connectivity index (χ3n) is 5.38. The van der Waals surface area contributed by atoms with E-state index in [0.717, 1.165) is 38.9 Å². The summed E-state index contributed by atoms with van der Waals surface area (Å²) in [6, 6.07) is 8.69. The van der Waals surface area contributed by atoms with E-state index in [-0.39, 0.29) is 5.91 Å². The molecule has 1 aliphatic heterocycles. The lowest BCUT2D eigenvalue weighted by Crippen LogP contribution is -2.57. The number of ether oxygens (including phenoxy) is 1. The number of aryl methyl sites for hydroxylation is 2. The highest BCUT2D eigenvalue weighted by molar-refractivity contribution is 5.76. The quantitative estimate of drug-likeness (QED) is 0.924. The van der Waals surface area contributed by atoms with E-state index in [2.05, 4.69) is 24.4 Å². The number of carbonyl (C=O) groups is 1. The smallest absolute Gasteiger partial charge is 0.220 e. The van der Waals surface area contributed by atoms with E-state index in [4.69, 9.17) is 4.74 Å². The molecule has 0 bridgehead atoms. The van der Waals surface area contributed by atoms with Gasteiger partial charge < -0.3 is 10.1 Å². The van der Waals surface area contributed by atoms with Gasteiger partial charge in [-0.15, -0.1) is 0 Å². The summed E-state index contributed by atoms with van der Waals surface area (Å²) >= 11 is 0. The molecule has 1 saturated carbocycles. The van der Waals surface area contributed by atoms with E-state index < -0.39 is 0 Å². The van der Waals surface area contributed by atoms with Crippen molar-refractivity contribution in [1.82, 2.24) is 5.32 Å². The van der Waals surface area contributed by atoms with E-state index in [1.54, 1.807) is 0 Å². The fourth-order valence-electron chi connectivity index (χ4n) is 3.70. The number of benzene rings is 1. The van der Waals surface area contributed by atoms with Crippen LogP contribution in [0.15, 0.2) is 24.3 Å². The Hall–Kier alpha value is -1.35. The van der Waals surface area contributed by atoms with Crippen LogP contribution in [-0.2, 0) is 16.0 Å². The number of hydrogen-bond donors (Lipinski definition) is 1. The zero-order chi connectivity index (χ0) is 14.7. The Labute approximate surface area is 127 Å². The summed E-state index contributed by atoms with van der Waals surface area (Å²) in [7, 11) is 0. The second-order valence-electron chi connectivity index (χ2n) is 6.56. The maximum atomic E-state index is 12.2. The molecule has 1 aromatic carbocycles. The molecule has 114 valence electrons. The Morgan fingerprint density at radius 1 is 1.29 bits per heavy atom. The van der Waals surface area contributed by atoms with Crippen LogP contribution in [0.3, 0.4) is 0 Å². The van der Waals surface area contributed by atoms with Crippen LogP contribution in [0, 0.1) is 12.3 Å². The van der Waals surface area contributed by atoms with Crippen molar-refractivity contribution in [2.75, 3.05) is 13.2 Å². The van der Waals surface area contributed by atoms with Crippen molar-refractivity contribution in [3.63, 3.8) is 0 Å². The van der Waals surface area contributed by atoms with Gasteiger partial charge in [-0.1, -0.05) is 24.3 Å². The Morgan fingerprint density at radius 2 is 2.05 bits per heavy atom. The molecule has 1 spiro atoms. The molecule has 1 aromatic rings. The lowest BCUT2D eigenvalue weighted by Gasteiger charge is -2.52. The standard InChI is InChI=1S/C18H25NO2/c1-14-4-2-3-5-15(14)6-7-17(20)19-16-8-9-18(16)10-12-21-13-11-18/h2-5,16H,6-13H2,1H3,(H,19,20). The number of rotatable bonds is 4. The van der Waals surface area contributed by atoms with Gasteiger partial charge in [0, 0.05) is 25.7 Å². The first-order valence-electron chi connectivity index (χ1n) is 8.11. The molecule has 0 aromatic heterocycles. The van der Waals surface area contributed by atoms with E-state index in [1.807, 2.05) is 12.1 Å². The Kier molecular flexibility index (Phi) is 4.29. The second-order valence-corrected chi connectivity index (χ2v) is 6.56. The monoisotopic (exact) mass is 287 g/mol. The van der Waals surface area contributed by atoms with E-state index in [1.165, 1.54) is 17.5 Å². The zero-order valence-corrected chi connectivity index (χ0v) is 12.9. The number of amides is 1. The second kappa shape index (κ2) is 6.18. The van der Waals surface area contributed by atoms with Crippen molar-refractivity contribution in [2.24, 2.45) is 5.41 Å². The van der Waals surface area contributed by atoms with Crippen LogP contribution in [0.1, 0.15) is 43.2 Å². The van der Waals surface area contributed by atoms with E-state index in [9.17, 15) is 4.79 Å². The first-order chi connectivity index (χ1) is 10.2. The summed E-state index contributed by atoms with van der Waals surface area (Å²) < 4.78 is 5.46. The zero-order valence-electron chi connectivity index (χ0n) is 12.9. The maximum absolute atomic E-state index is 12.2. The van der Waals surface area contributed by atoms with Crippen LogP contribution in [0.25, 0.3) is 0 Å². The van der Waals surface area contributed by atoms with Crippen molar-refractivity contribution < 1.29 is 9.53 Å². The van der Waals surface area contributed by atoms with Crippen LogP contribution >= 0.6 is 0 Å². The molecule has 3 rings (SSSR count). The van der Waals surface area contributed by atoms with E-state index in [0.29, 0.717) is 17.9 Å². The van der Waals surface area contributed by atoms with Crippen LogP contribution in [0.4, 0.5) is 0 Å². The SMILES string of the molecule is Cc1ccccc1CCC(=O)NC1CCC12CCOCC2. The fourth-order valence-corrected chi connectivity index (χ4v) is 3.70. The van der Waals surface area contributed by atoms with Crippen molar-refractivity contribution in [3.8, 4) is 0 Å². The van der Waals surface area contributed by atoms with Crippen molar-refractivity contribution in [3.05, 3.63) is 35.4 Å². The maximum Gasteiger partial charge on any atom is 0.220 e. The molecule has 1 heterocycles. The minimum Gasteiger partial charge on any atom is -0.381 e. The minimum atomic E-state index is 0.203. The molecule has 3 nitrogen and oxygen atoms in total. The number of carbonyl (C=O) groups excluding carboxylic acids is 1. The summed E-state index contributed by atoms with van der Waals surface area (Å²) in [4.78, 5) is 12.2. The highest BCUT2D eigenvalue weighted by Gasteiger charge is 2.47. The van der Waals surface area contributed by atoms with Crippen LogP contribution in [0.5, 0.6) is 0 Å². The molecule has 21 heavy (non-hydrogen) atoms. The largest absolute Gasteiger partial charge is 0.381 e. The first kappa shape index (κ1) is 14.6. The molecule has 1 atom stereocenters. The normalized spacial score (nSPS) is 23.6. The average Bonchev–Trinajstić information content (AvgIpc) is 2.51. The molecule has 1 N–H and O–H groups in total. The van der Waals surface area contributed by atoms with Crippen LogP contribution in [0.2, 0.25) is 0 Å². The predicted molar refractivity (Wildman–Crippen MR) is 83.2 cm³/mol. The molecule has 2 fully saturated rings. The first-order valence-corrected chi connectivity index (χ1v) is 8.11. The van der Waals surface area contributed by atoms with Gasteiger partial charge >= 0.3 is 0 Å². The van der Waals surface area contributed by atoms with Gasteiger partial charge in [0.15, 0.2) is 0 Å². The van der Waals surface area contributed by atoms with Crippen molar-refractivity contribution in [2.45, 2.75) is 51.5 Å². The summed E-state index contributed by atoms with van der Waals surface area (Å²) in [6.45, 7) is 3.82. The molecule has 2 aliphatic rings. The molecular formula is C18H25NO2. The Balaban J connectivity index is 1.49. The molecule has 1 saturated heterocycles. The molecule has 0 radical (unpaired) electrons. The van der Waals surface area contributed by atoms with Gasteiger partial charge in [-0.25, -0.2) is 0 Å². The Morgan fingerprint density at radius 3 is 2.71 bits per heavy atom. The predicted octanol–water partition coefficient (Wildman–Crippen LogP) is 3.00. The van der Waals surface area contributed by atoms with Gasteiger partial charge in [-0.05, 0) is 55.6 Å². The number of nitrogens with one attached hydrogen (secondary N) is 1. The number of hydrogen-bond acceptors (Lipinski definition) is 2. The van der Waals surface area contributed by atoms with Gasteiger partial charge in [-0.2, -0.15) is 0 Å². The van der Waals surface area contributed by atoms with Crippen LogP contribution < -0.4 is 5.32 Å². The molecular weight excluding hydrogens is 262 g/mol. The lowest BCUT2D eigenvalue weighted by atomic mass is 9.60. The Bertz CT molecular complexity index is 506. The molecule has 3 heteroatoms. The van der Waals surface area contributed by atoms with Gasteiger partial charge in [0.25, 0.3) is 0 Å². The molecule has 1 aliphatic carbocycles. The van der Waals surface area contributed by atoms with Gasteiger partial charge in [0.05, 0.1) is 0 Å². The molecule has 1 unspecified atom stereocenters. The van der Waals surface area contributed by atoms with Gasteiger partial charge in [-0.3, -0.25) is 4.79 Å². The lowest BCUT2D eigenvalue weighted by molar-refractivity contribution is -0.127. The highest BCUT2D eigenvalue weighted by atomic mass is 16.5. The summed E-state index contributed by atoms with van der Waals surface area (Å²) in [5.74, 6) is 0.203. The molecule has 1 amide bonds. The van der Waals surface area contributed by atoms with E-state index >= 15 is 0 Å². The van der Waals surface area contributed by atoms with Crippen molar-refractivity contribution in [1.29, 1.82) is 0 Å². The average molecular weight is 287 g/mol. The highest BCUT2D eigenvalue weighted by Crippen LogP contribution is 2.48. The van der Waals surface area contributed by atoms with Crippen molar-refractivity contribution >= 4 is 5.91 Å². The van der Waals surface area contributed by atoms with Gasteiger partial charge in [0.2, 0.25) is 5.91 Å². The summed E-state index contributed by atoms with van der Waals surface area (Å²) in [6.07, 6.45) is 6.02. The van der Waals surface area contributed by atoms with Crippen LogP contribution in [-0.4, -0.2) is 25.2 Å². The summed E-state index contributed by atoms with van der Waals surface area (Å²) in [5.41, 5.74) is 2.90. The fraction of sp³-hybridized carbons (Fsp3) is 0.611. The third-order valence-corrected chi connectivity index (χ3v) is 5.38. The topological polar surface area (TPSA) is 38.3 Å².